The summed E-state index contributed by atoms with van der Waals surface area (Å²) >= 11 is 6.42. The van der Waals surface area contributed by atoms with E-state index in [4.69, 9.17) is 10.4 Å². The molecule has 0 heterocycles. The number of nitriles is 1. The van der Waals surface area contributed by atoms with Gasteiger partial charge in [-0.05, 0) is 17.7 Å². The van der Waals surface area contributed by atoms with Crippen molar-refractivity contribution in [3.05, 3.63) is 33.3 Å². The lowest BCUT2D eigenvalue weighted by atomic mass is 10.0. The van der Waals surface area contributed by atoms with Crippen molar-refractivity contribution in [2.24, 2.45) is 0 Å². The van der Waals surface area contributed by atoms with Gasteiger partial charge in [-0.25, -0.2) is 4.79 Å². The monoisotopic (exact) mass is 317 g/mol. The highest BCUT2D eigenvalue weighted by Crippen LogP contribution is 2.26. The van der Waals surface area contributed by atoms with Crippen LogP contribution in [-0.4, -0.2) is 11.1 Å². The molecule has 0 amide bonds. The number of hydrogen-bond donors (Lipinski definition) is 1. The van der Waals surface area contributed by atoms with Gasteiger partial charge in [-0.15, -0.1) is 0 Å². The van der Waals surface area contributed by atoms with Gasteiger partial charge in [0.25, 0.3) is 0 Å². The van der Waals surface area contributed by atoms with Gasteiger partial charge in [-0.3, -0.25) is 0 Å². The maximum absolute atomic E-state index is 10.9. The standard InChI is InChI=1S/C9H5Br2NO2/c10-3-6-7(11)2-1-5(4-12)8(6)9(13)14/h1-2H,3H2,(H,13,14). The molecule has 0 radical (unpaired) electrons. The van der Waals surface area contributed by atoms with Crippen molar-refractivity contribution in [2.75, 3.05) is 0 Å². The number of aromatic carboxylic acids is 1. The van der Waals surface area contributed by atoms with Gasteiger partial charge < -0.3 is 5.11 Å². The molecular weight excluding hydrogens is 314 g/mol. The lowest BCUT2D eigenvalue weighted by Gasteiger charge is -2.06. The number of alkyl halides is 1. The fourth-order valence-corrected chi connectivity index (χ4v) is 2.52. The fourth-order valence-electron chi connectivity index (χ4n) is 1.09. The molecule has 0 aromatic heterocycles. The number of rotatable bonds is 2. The maximum Gasteiger partial charge on any atom is 0.337 e. The van der Waals surface area contributed by atoms with Crippen LogP contribution >= 0.6 is 31.9 Å². The first kappa shape index (κ1) is 11.2. The van der Waals surface area contributed by atoms with Crippen molar-refractivity contribution in [1.82, 2.24) is 0 Å². The average Bonchev–Trinajstić information content (AvgIpc) is 2.17. The number of benzene rings is 1. The molecule has 0 atom stereocenters. The summed E-state index contributed by atoms with van der Waals surface area (Å²) in [6, 6.07) is 5.01. The van der Waals surface area contributed by atoms with E-state index in [0.717, 1.165) is 0 Å². The summed E-state index contributed by atoms with van der Waals surface area (Å²) < 4.78 is 0.686. The number of hydrogen-bond acceptors (Lipinski definition) is 2. The first-order valence-electron chi connectivity index (χ1n) is 3.62. The summed E-state index contributed by atoms with van der Waals surface area (Å²) in [5, 5.41) is 18.1. The van der Waals surface area contributed by atoms with Gasteiger partial charge in [-0.1, -0.05) is 31.9 Å². The number of halogens is 2. The average molecular weight is 319 g/mol. The normalized spacial score (nSPS) is 9.50. The Bertz CT molecular complexity index is 424. The quantitative estimate of drug-likeness (QED) is 0.853. The summed E-state index contributed by atoms with van der Waals surface area (Å²) in [6.45, 7) is 0. The zero-order valence-corrected chi connectivity index (χ0v) is 10.1. The third kappa shape index (κ3) is 1.97. The van der Waals surface area contributed by atoms with Gasteiger partial charge in [0.2, 0.25) is 0 Å². The predicted octanol–water partition coefficient (Wildman–Crippen LogP) is 2.91. The largest absolute Gasteiger partial charge is 0.478 e. The van der Waals surface area contributed by atoms with Gasteiger partial charge in [0, 0.05) is 9.80 Å². The molecule has 14 heavy (non-hydrogen) atoms. The van der Waals surface area contributed by atoms with Crippen molar-refractivity contribution < 1.29 is 9.90 Å². The molecule has 0 aliphatic rings. The van der Waals surface area contributed by atoms with Gasteiger partial charge in [-0.2, -0.15) is 5.26 Å². The minimum atomic E-state index is -1.09. The minimum Gasteiger partial charge on any atom is -0.478 e. The van der Waals surface area contributed by atoms with Gasteiger partial charge >= 0.3 is 5.97 Å². The molecule has 0 aliphatic carbocycles. The topological polar surface area (TPSA) is 61.1 Å². The molecular formula is C9H5Br2NO2. The second kappa shape index (κ2) is 4.58. The first-order chi connectivity index (χ1) is 6.61. The Labute approximate surface area is 97.6 Å². The Morgan fingerprint density at radius 1 is 1.57 bits per heavy atom. The summed E-state index contributed by atoms with van der Waals surface area (Å²) in [4.78, 5) is 10.9. The Morgan fingerprint density at radius 3 is 2.64 bits per heavy atom. The molecule has 0 aliphatic heterocycles. The second-order valence-electron chi connectivity index (χ2n) is 2.50. The Hall–Kier alpha value is -0.860. The first-order valence-corrected chi connectivity index (χ1v) is 5.54. The lowest BCUT2D eigenvalue weighted by molar-refractivity contribution is 0.0695. The van der Waals surface area contributed by atoms with Crippen LogP contribution in [0.5, 0.6) is 0 Å². The SMILES string of the molecule is N#Cc1ccc(Br)c(CBr)c1C(=O)O. The molecule has 0 fully saturated rings. The molecule has 1 aromatic rings. The van der Waals surface area contributed by atoms with Crippen LogP contribution in [0, 0.1) is 11.3 Å². The Morgan fingerprint density at radius 2 is 2.21 bits per heavy atom. The zero-order chi connectivity index (χ0) is 10.7. The second-order valence-corrected chi connectivity index (χ2v) is 3.91. The van der Waals surface area contributed by atoms with Crippen LogP contribution in [0.2, 0.25) is 0 Å². The molecule has 5 heteroatoms. The molecule has 72 valence electrons. The summed E-state index contributed by atoms with van der Waals surface area (Å²) in [7, 11) is 0. The predicted molar refractivity (Wildman–Crippen MR) is 58.4 cm³/mol. The van der Waals surface area contributed by atoms with Gasteiger partial charge in [0.05, 0.1) is 11.1 Å². The molecule has 1 N–H and O–H groups in total. The molecule has 1 aromatic carbocycles. The Kier molecular flexibility index (Phi) is 3.67. The van der Waals surface area contributed by atoms with Crippen LogP contribution in [0.25, 0.3) is 0 Å². The minimum absolute atomic E-state index is 0.0544. The van der Waals surface area contributed by atoms with E-state index in [-0.39, 0.29) is 11.1 Å². The molecule has 0 unspecified atom stereocenters. The molecule has 0 spiro atoms. The molecule has 3 nitrogen and oxygen atoms in total. The highest BCUT2D eigenvalue weighted by molar-refractivity contribution is 9.10. The van der Waals surface area contributed by atoms with Gasteiger partial charge in [0.15, 0.2) is 0 Å². The highest BCUT2D eigenvalue weighted by atomic mass is 79.9. The smallest absolute Gasteiger partial charge is 0.337 e. The third-order valence-corrected chi connectivity index (χ3v) is 3.03. The van der Waals surface area contributed by atoms with E-state index in [1.807, 2.05) is 6.07 Å². The fraction of sp³-hybridized carbons (Fsp3) is 0.111. The number of carboxylic acid groups (broad SMARTS) is 1. The van der Waals surface area contributed by atoms with Gasteiger partial charge in [0.1, 0.15) is 6.07 Å². The molecule has 1 rings (SSSR count). The third-order valence-electron chi connectivity index (χ3n) is 1.72. The van der Waals surface area contributed by atoms with E-state index in [9.17, 15) is 4.79 Å². The van der Waals surface area contributed by atoms with Crippen molar-refractivity contribution in [2.45, 2.75) is 5.33 Å². The number of carbonyl (C=O) groups is 1. The van der Waals surface area contributed by atoms with Crippen LogP contribution in [0.15, 0.2) is 16.6 Å². The van der Waals surface area contributed by atoms with Crippen molar-refractivity contribution in [3.8, 4) is 6.07 Å². The van der Waals surface area contributed by atoms with Crippen LogP contribution in [0.3, 0.4) is 0 Å². The summed E-state index contributed by atoms with van der Waals surface area (Å²) in [5.74, 6) is -1.09. The lowest BCUT2D eigenvalue weighted by Crippen LogP contribution is -2.05. The molecule has 0 bridgehead atoms. The summed E-state index contributed by atoms with van der Waals surface area (Å²) in [5.41, 5.74) is 0.811. The van der Waals surface area contributed by atoms with E-state index in [1.54, 1.807) is 6.07 Å². The number of carboxylic acids is 1. The van der Waals surface area contributed by atoms with Crippen molar-refractivity contribution in [3.63, 3.8) is 0 Å². The van der Waals surface area contributed by atoms with Crippen LogP contribution in [0.4, 0.5) is 0 Å². The van der Waals surface area contributed by atoms with E-state index in [0.29, 0.717) is 15.4 Å². The van der Waals surface area contributed by atoms with Crippen molar-refractivity contribution >= 4 is 37.8 Å². The van der Waals surface area contributed by atoms with E-state index in [1.165, 1.54) is 6.07 Å². The highest BCUT2D eigenvalue weighted by Gasteiger charge is 2.17. The van der Waals surface area contributed by atoms with E-state index in [2.05, 4.69) is 31.9 Å². The summed E-state index contributed by atoms with van der Waals surface area (Å²) in [6.07, 6.45) is 0. The zero-order valence-electron chi connectivity index (χ0n) is 6.92. The van der Waals surface area contributed by atoms with E-state index < -0.39 is 5.97 Å². The molecule has 0 saturated carbocycles. The van der Waals surface area contributed by atoms with Crippen LogP contribution in [-0.2, 0) is 5.33 Å². The van der Waals surface area contributed by atoms with Crippen molar-refractivity contribution in [1.29, 1.82) is 5.26 Å². The maximum atomic E-state index is 10.9. The van der Waals surface area contributed by atoms with E-state index >= 15 is 0 Å². The molecule has 0 saturated heterocycles. The van der Waals surface area contributed by atoms with Crippen LogP contribution in [0.1, 0.15) is 21.5 Å². The number of nitrogens with zero attached hydrogens (tertiary/aromatic N) is 1. The van der Waals surface area contributed by atoms with Crippen LogP contribution < -0.4 is 0 Å². The Balaban J connectivity index is 3.54.